The van der Waals surface area contributed by atoms with Gasteiger partial charge in [-0.3, -0.25) is 9.59 Å². The molecule has 134 valence electrons. The smallest absolute Gasteiger partial charge is 0.321 e. The molecule has 0 radical (unpaired) electrons. The molecule has 0 aliphatic heterocycles. The first-order chi connectivity index (χ1) is 11.1. The van der Waals surface area contributed by atoms with Gasteiger partial charge in [0.25, 0.3) is 5.91 Å². The van der Waals surface area contributed by atoms with Crippen molar-refractivity contribution in [2.45, 2.75) is 24.8 Å². The Balaban J connectivity index is 2.76. The van der Waals surface area contributed by atoms with Gasteiger partial charge in [0.2, 0.25) is 10.0 Å². The molecular formula is C13H15BrCl2N2O5S. The van der Waals surface area contributed by atoms with E-state index in [0.29, 0.717) is 11.0 Å². The van der Waals surface area contributed by atoms with Crippen LogP contribution in [0.5, 0.6) is 0 Å². The standard InChI is InChI=1S/C13H15BrCl2N2O5S/c1-3-17-13(20)7(2)23-11(19)6-18-24(21,22)12-9(15)4-8(14)5-10(12)16/h4-5,7,18H,3,6H2,1-2H3,(H,17,20). The molecule has 0 spiro atoms. The molecule has 1 aromatic rings. The van der Waals surface area contributed by atoms with Crippen molar-refractivity contribution in [2.75, 3.05) is 13.1 Å². The number of halogens is 3. The predicted octanol–water partition coefficient (Wildman–Crippen LogP) is 2.10. The number of likely N-dealkylation sites (N-methyl/N-ethyl adjacent to an activating group) is 1. The summed E-state index contributed by atoms with van der Waals surface area (Å²) in [4.78, 5) is 22.8. The van der Waals surface area contributed by atoms with Gasteiger partial charge in [0.15, 0.2) is 6.10 Å². The highest BCUT2D eigenvalue weighted by molar-refractivity contribution is 9.10. The zero-order valence-electron chi connectivity index (χ0n) is 12.7. The van der Waals surface area contributed by atoms with Crippen molar-refractivity contribution in [3.63, 3.8) is 0 Å². The number of hydrogen-bond donors (Lipinski definition) is 2. The van der Waals surface area contributed by atoms with Crippen LogP contribution in [0.2, 0.25) is 10.0 Å². The Kier molecular flexibility index (Phi) is 7.94. The van der Waals surface area contributed by atoms with Gasteiger partial charge in [0.1, 0.15) is 11.4 Å². The third-order valence-electron chi connectivity index (χ3n) is 2.67. The van der Waals surface area contributed by atoms with Crippen LogP contribution >= 0.6 is 39.1 Å². The highest BCUT2D eigenvalue weighted by Gasteiger charge is 2.24. The molecular weight excluding hydrogens is 447 g/mol. The maximum absolute atomic E-state index is 12.2. The minimum Gasteiger partial charge on any atom is -0.452 e. The third-order valence-corrected chi connectivity index (χ3v) is 5.45. The number of rotatable bonds is 7. The van der Waals surface area contributed by atoms with Gasteiger partial charge in [-0.25, -0.2) is 8.42 Å². The lowest BCUT2D eigenvalue weighted by Gasteiger charge is -2.14. The number of esters is 1. The quantitative estimate of drug-likeness (QED) is 0.605. The molecule has 1 unspecified atom stereocenters. The van der Waals surface area contributed by atoms with Crippen LogP contribution in [0.25, 0.3) is 0 Å². The molecule has 1 aromatic carbocycles. The highest BCUT2D eigenvalue weighted by atomic mass is 79.9. The monoisotopic (exact) mass is 460 g/mol. The largest absolute Gasteiger partial charge is 0.452 e. The number of carbonyl (C=O) groups is 2. The summed E-state index contributed by atoms with van der Waals surface area (Å²) in [6.07, 6.45) is -1.04. The summed E-state index contributed by atoms with van der Waals surface area (Å²) in [5, 5.41) is 2.26. The summed E-state index contributed by atoms with van der Waals surface area (Å²) < 4.78 is 31.8. The molecule has 7 nitrogen and oxygen atoms in total. The van der Waals surface area contributed by atoms with Gasteiger partial charge >= 0.3 is 5.97 Å². The summed E-state index contributed by atoms with van der Waals surface area (Å²) in [5.41, 5.74) is 0. The molecule has 1 rings (SSSR count). The molecule has 0 aliphatic carbocycles. The van der Waals surface area contributed by atoms with Crippen LogP contribution < -0.4 is 10.0 Å². The van der Waals surface area contributed by atoms with Gasteiger partial charge in [-0.2, -0.15) is 4.72 Å². The molecule has 0 aliphatic rings. The summed E-state index contributed by atoms with van der Waals surface area (Å²) >= 11 is 14.9. The summed E-state index contributed by atoms with van der Waals surface area (Å²) in [5.74, 6) is -1.39. The van der Waals surface area contributed by atoms with Crippen LogP contribution in [0.3, 0.4) is 0 Å². The van der Waals surface area contributed by atoms with Crippen LogP contribution in [0.15, 0.2) is 21.5 Å². The molecule has 1 amide bonds. The third kappa shape index (κ3) is 5.89. The number of hydrogen-bond acceptors (Lipinski definition) is 5. The maximum Gasteiger partial charge on any atom is 0.321 e. The van der Waals surface area contributed by atoms with E-state index < -0.39 is 34.5 Å². The van der Waals surface area contributed by atoms with Crippen molar-refractivity contribution in [3.05, 3.63) is 26.7 Å². The van der Waals surface area contributed by atoms with Crippen molar-refractivity contribution in [3.8, 4) is 0 Å². The highest BCUT2D eigenvalue weighted by Crippen LogP contribution is 2.32. The first-order valence-corrected chi connectivity index (χ1v) is 9.73. The van der Waals surface area contributed by atoms with Gasteiger partial charge in [-0.1, -0.05) is 39.1 Å². The molecule has 0 bridgehead atoms. The van der Waals surface area contributed by atoms with E-state index in [2.05, 4.69) is 21.2 Å². The second-order valence-corrected chi connectivity index (χ2v) is 7.98. The molecule has 24 heavy (non-hydrogen) atoms. The number of nitrogens with one attached hydrogen (secondary N) is 2. The number of carbonyl (C=O) groups excluding carboxylic acids is 2. The lowest BCUT2D eigenvalue weighted by atomic mass is 10.4. The van der Waals surface area contributed by atoms with Crippen LogP contribution in [0.4, 0.5) is 0 Å². The van der Waals surface area contributed by atoms with E-state index in [-0.39, 0.29) is 14.9 Å². The first kappa shape index (κ1) is 21.2. The minimum atomic E-state index is -4.14. The van der Waals surface area contributed by atoms with E-state index in [0.717, 1.165) is 0 Å². The SMILES string of the molecule is CCNC(=O)C(C)OC(=O)CNS(=O)(=O)c1c(Cl)cc(Br)cc1Cl. The number of sulfonamides is 1. The second-order valence-electron chi connectivity index (χ2n) is 4.55. The van der Waals surface area contributed by atoms with Crippen molar-refractivity contribution >= 4 is 61.0 Å². The van der Waals surface area contributed by atoms with Gasteiger partial charge in [-0.05, 0) is 26.0 Å². The molecule has 0 fully saturated rings. The van der Waals surface area contributed by atoms with E-state index in [1.165, 1.54) is 19.1 Å². The first-order valence-electron chi connectivity index (χ1n) is 6.70. The fraction of sp³-hybridized carbons (Fsp3) is 0.385. The van der Waals surface area contributed by atoms with Gasteiger partial charge in [0.05, 0.1) is 10.0 Å². The van der Waals surface area contributed by atoms with Crippen molar-refractivity contribution in [1.82, 2.24) is 10.0 Å². The van der Waals surface area contributed by atoms with Crippen molar-refractivity contribution in [2.24, 2.45) is 0 Å². The minimum absolute atomic E-state index is 0.106. The van der Waals surface area contributed by atoms with Crippen molar-refractivity contribution in [1.29, 1.82) is 0 Å². The lowest BCUT2D eigenvalue weighted by Crippen LogP contribution is -2.38. The maximum atomic E-state index is 12.2. The Morgan fingerprint density at radius 1 is 1.29 bits per heavy atom. The van der Waals surface area contributed by atoms with E-state index in [9.17, 15) is 18.0 Å². The summed E-state index contributed by atoms with van der Waals surface area (Å²) in [6.45, 7) is 2.80. The van der Waals surface area contributed by atoms with Crippen molar-refractivity contribution < 1.29 is 22.7 Å². The van der Waals surface area contributed by atoms with Crippen LogP contribution in [-0.2, 0) is 24.3 Å². The molecule has 2 N–H and O–H groups in total. The van der Waals surface area contributed by atoms with Gasteiger partial charge in [0, 0.05) is 11.0 Å². The molecule has 11 heteroatoms. The predicted molar refractivity (Wildman–Crippen MR) is 93.6 cm³/mol. The Hall–Kier alpha value is -0.870. The zero-order valence-corrected chi connectivity index (χ0v) is 16.6. The topological polar surface area (TPSA) is 102 Å². The molecule has 0 saturated heterocycles. The number of amides is 1. The van der Waals surface area contributed by atoms with E-state index in [1.807, 2.05) is 4.72 Å². The number of benzene rings is 1. The molecule has 1 atom stereocenters. The molecule has 0 aromatic heterocycles. The Labute approximate surface area is 158 Å². The van der Waals surface area contributed by atoms with Gasteiger partial charge < -0.3 is 10.1 Å². The Morgan fingerprint density at radius 3 is 2.33 bits per heavy atom. The van der Waals surface area contributed by atoms with E-state index in [4.69, 9.17) is 27.9 Å². The van der Waals surface area contributed by atoms with Crippen LogP contribution in [-0.4, -0.2) is 39.5 Å². The van der Waals surface area contributed by atoms with Gasteiger partial charge in [-0.15, -0.1) is 0 Å². The Bertz CT molecular complexity index is 719. The average molecular weight is 462 g/mol. The van der Waals surface area contributed by atoms with E-state index >= 15 is 0 Å². The normalized spacial score (nSPS) is 12.5. The summed E-state index contributed by atoms with van der Waals surface area (Å²) in [6, 6.07) is 2.72. The number of ether oxygens (including phenoxy) is 1. The second kappa shape index (κ2) is 9.00. The van der Waals surface area contributed by atoms with Crippen LogP contribution in [0, 0.1) is 0 Å². The zero-order chi connectivity index (χ0) is 18.5. The fourth-order valence-electron chi connectivity index (χ4n) is 1.62. The van der Waals surface area contributed by atoms with Crippen LogP contribution in [0.1, 0.15) is 13.8 Å². The molecule has 0 heterocycles. The summed E-state index contributed by atoms with van der Waals surface area (Å²) in [7, 11) is -4.14. The fourth-order valence-corrected chi connectivity index (χ4v) is 4.52. The molecule has 0 saturated carbocycles. The lowest BCUT2D eigenvalue weighted by molar-refractivity contribution is -0.153. The average Bonchev–Trinajstić information content (AvgIpc) is 2.44. The Morgan fingerprint density at radius 2 is 1.83 bits per heavy atom. The van der Waals surface area contributed by atoms with E-state index in [1.54, 1.807) is 6.92 Å².